The molecule has 40 heavy (non-hydrogen) atoms. The Morgan fingerprint density at radius 2 is 1.75 bits per heavy atom. The molecule has 12 nitrogen and oxygen atoms in total. The summed E-state index contributed by atoms with van der Waals surface area (Å²) in [5.41, 5.74) is 8.45. The van der Waals surface area contributed by atoms with Gasteiger partial charge in [0.25, 0.3) is 0 Å². The Morgan fingerprint density at radius 3 is 2.45 bits per heavy atom. The Kier molecular flexibility index (Phi) is 9.02. The van der Waals surface area contributed by atoms with Crippen molar-refractivity contribution in [2.45, 2.75) is 49.9 Å². The average Bonchev–Trinajstić information content (AvgIpc) is 3.60. The largest absolute Gasteiger partial charge is 0.508 e. The highest BCUT2D eigenvalue weighted by molar-refractivity contribution is 5.95. The fourth-order valence-corrected chi connectivity index (χ4v) is 4.93. The van der Waals surface area contributed by atoms with Crippen molar-refractivity contribution in [2.75, 3.05) is 13.2 Å². The molecule has 1 fully saturated rings. The van der Waals surface area contributed by atoms with E-state index in [2.05, 4.69) is 15.6 Å². The molecule has 1 aliphatic heterocycles. The van der Waals surface area contributed by atoms with Crippen molar-refractivity contribution < 1.29 is 34.5 Å². The molecular weight excluding hydrogens is 518 g/mol. The highest BCUT2D eigenvalue weighted by atomic mass is 16.4. The smallest absolute Gasteiger partial charge is 0.326 e. The van der Waals surface area contributed by atoms with Crippen LogP contribution in [0.5, 0.6) is 5.75 Å². The predicted molar refractivity (Wildman–Crippen MR) is 145 cm³/mol. The molecule has 4 rings (SSSR count). The maximum absolute atomic E-state index is 13.3. The fraction of sp³-hybridized carbons (Fsp3) is 0.357. The Bertz CT molecular complexity index is 1370. The lowest BCUT2D eigenvalue weighted by Gasteiger charge is -2.29. The number of aromatic amines is 1. The molecule has 0 radical (unpaired) electrons. The second-order valence-corrected chi connectivity index (χ2v) is 9.87. The lowest BCUT2D eigenvalue weighted by molar-refractivity contribution is -0.145. The highest BCUT2D eigenvalue weighted by Gasteiger charge is 2.39. The number of aromatic hydroxyl groups is 1. The summed E-state index contributed by atoms with van der Waals surface area (Å²) in [4.78, 5) is 55.4. The lowest BCUT2D eigenvalue weighted by Crippen LogP contribution is -2.58. The van der Waals surface area contributed by atoms with Gasteiger partial charge < -0.3 is 41.6 Å². The van der Waals surface area contributed by atoms with Gasteiger partial charge in [-0.05, 0) is 48.6 Å². The van der Waals surface area contributed by atoms with E-state index in [1.165, 1.54) is 17.0 Å². The van der Waals surface area contributed by atoms with E-state index in [0.29, 0.717) is 18.4 Å². The van der Waals surface area contributed by atoms with Crippen molar-refractivity contribution >= 4 is 34.6 Å². The number of H-pyrrole nitrogens is 1. The number of benzene rings is 2. The number of carbonyl (C=O) groups is 4. The van der Waals surface area contributed by atoms with Gasteiger partial charge in [-0.3, -0.25) is 14.4 Å². The average molecular weight is 552 g/mol. The zero-order valence-electron chi connectivity index (χ0n) is 21.7. The van der Waals surface area contributed by atoms with Crippen molar-refractivity contribution in [1.82, 2.24) is 20.5 Å². The topological polar surface area (TPSA) is 198 Å². The van der Waals surface area contributed by atoms with Crippen LogP contribution in [-0.4, -0.2) is 86.2 Å². The number of carboxylic acids is 1. The first kappa shape index (κ1) is 28.6. The quantitative estimate of drug-likeness (QED) is 0.173. The lowest BCUT2D eigenvalue weighted by atomic mass is 10.0. The van der Waals surface area contributed by atoms with Crippen LogP contribution < -0.4 is 16.4 Å². The summed E-state index contributed by atoms with van der Waals surface area (Å²) in [7, 11) is 0. The summed E-state index contributed by atoms with van der Waals surface area (Å²) < 4.78 is 0. The number of aliphatic carboxylic acids is 1. The molecule has 3 amide bonds. The van der Waals surface area contributed by atoms with Gasteiger partial charge >= 0.3 is 5.97 Å². The number of para-hydroxylation sites is 1. The molecule has 0 bridgehead atoms. The molecule has 2 heterocycles. The number of phenolic OH excluding ortho intramolecular Hbond substituents is 1. The van der Waals surface area contributed by atoms with Crippen LogP contribution in [0, 0.1) is 0 Å². The van der Waals surface area contributed by atoms with Crippen LogP contribution in [-0.2, 0) is 32.0 Å². The number of carbonyl (C=O) groups excluding carboxylic acids is 3. The number of likely N-dealkylation sites (tertiary alicyclic amines) is 1. The molecule has 8 N–H and O–H groups in total. The van der Waals surface area contributed by atoms with Crippen LogP contribution in [0.4, 0.5) is 0 Å². The number of carboxylic acid groups (broad SMARTS) is 1. The van der Waals surface area contributed by atoms with Crippen LogP contribution in [0.1, 0.15) is 24.0 Å². The van der Waals surface area contributed by atoms with Crippen molar-refractivity contribution in [3.05, 3.63) is 65.9 Å². The first-order valence-corrected chi connectivity index (χ1v) is 13.0. The van der Waals surface area contributed by atoms with Crippen LogP contribution in [0.3, 0.4) is 0 Å². The van der Waals surface area contributed by atoms with Gasteiger partial charge in [-0.25, -0.2) is 4.79 Å². The fourth-order valence-electron chi connectivity index (χ4n) is 4.93. The van der Waals surface area contributed by atoms with Crippen LogP contribution in [0.15, 0.2) is 54.7 Å². The van der Waals surface area contributed by atoms with Crippen LogP contribution >= 0.6 is 0 Å². The predicted octanol–water partition coefficient (Wildman–Crippen LogP) is 0.0235. The van der Waals surface area contributed by atoms with Crippen molar-refractivity contribution in [3.63, 3.8) is 0 Å². The van der Waals surface area contributed by atoms with Crippen molar-refractivity contribution in [2.24, 2.45) is 5.73 Å². The Morgan fingerprint density at radius 1 is 1.02 bits per heavy atom. The second kappa shape index (κ2) is 12.6. The molecule has 3 aromatic rings. The maximum Gasteiger partial charge on any atom is 0.326 e. The first-order valence-electron chi connectivity index (χ1n) is 13.0. The number of nitrogens with two attached hydrogens (primary N) is 1. The van der Waals surface area contributed by atoms with Gasteiger partial charge in [-0.1, -0.05) is 30.3 Å². The molecule has 4 atom stereocenters. The zero-order chi connectivity index (χ0) is 28.8. The Labute approximate surface area is 230 Å². The van der Waals surface area contributed by atoms with E-state index in [1.54, 1.807) is 18.3 Å². The summed E-state index contributed by atoms with van der Waals surface area (Å²) in [5, 5.41) is 34.9. The number of phenols is 1. The molecule has 0 spiro atoms. The third-order valence-electron chi connectivity index (χ3n) is 7.08. The third-order valence-corrected chi connectivity index (χ3v) is 7.08. The zero-order valence-corrected chi connectivity index (χ0v) is 21.7. The maximum atomic E-state index is 13.3. The van der Waals surface area contributed by atoms with E-state index in [9.17, 15) is 34.5 Å². The molecular formula is C28H33N5O7. The number of nitrogens with zero attached hydrogens (tertiary/aromatic N) is 1. The van der Waals surface area contributed by atoms with Crippen molar-refractivity contribution in [1.29, 1.82) is 0 Å². The summed E-state index contributed by atoms with van der Waals surface area (Å²) in [5.74, 6) is -3.14. The molecule has 12 heteroatoms. The SMILES string of the molecule is NC(Cc1c[nH]c2ccccc12)C(=O)NC(CO)C(=O)N1CCCC1C(=O)NC(Cc1ccc(O)cc1)C(=O)O. The monoisotopic (exact) mass is 551 g/mol. The number of rotatable bonds is 11. The Balaban J connectivity index is 1.37. The van der Waals surface area contributed by atoms with Gasteiger partial charge in [0, 0.05) is 30.1 Å². The first-order chi connectivity index (χ1) is 19.2. The number of amides is 3. The number of hydrogen-bond acceptors (Lipinski definition) is 7. The van der Waals surface area contributed by atoms with Gasteiger partial charge in [0.15, 0.2) is 0 Å². The van der Waals surface area contributed by atoms with Gasteiger partial charge in [-0.15, -0.1) is 0 Å². The Hall–Kier alpha value is -4.42. The minimum Gasteiger partial charge on any atom is -0.508 e. The molecule has 0 aliphatic carbocycles. The number of aliphatic hydroxyl groups excluding tert-OH is 1. The molecule has 1 aromatic heterocycles. The number of aromatic nitrogens is 1. The molecule has 2 aromatic carbocycles. The minimum absolute atomic E-state index is 0.0222. The van der Waals surface area contributed by atoms with E-state index < -0.39 is 54.5 Å². The second-order valence-electron chi connectivity index (χ2n) is 9.87. The molecule has 1 aliphatic rings. The van der Waals surface area contributed by atoms with Crippen molar-refractivity contribution in [3.8, 4) is 5.75 Å². The van der Waals surface area contributed by atoms with E-state index >= 15 is 0 Å². The van der Waals surface area contributed by atoms with Crippen LogP contribution in [0.2, 0.25) is 0 Å². The normalized spacial score (nSPS) is 17.2. The molecule has 0 saturated carbocycles. The standard InChI is InChI=1S/C28H33N5O7/c29-20(13-17-14-30-21-5-2-1-4-19(17)21)25(36)32-23(15-34)27(38)33-11-3-6-24(33)26(37)31-22(28(39)40)12-16-7-9-18(35)10-8-16/h1-2,4-5,7-10,14,20,22-24,30,34-35H,3,6,11-13,15,29H2,(H,31,37)(H,32,36)(H,39,40). The van der Waals surface area contributed by atoms with E-state index in [-0.39, 0.29) is 25.1 Å². The van der Waals surface area contributed by atoms with E-state index in [1.807, 2.05) is 24.3 Å². The molecule has 1 saturated heterocycles. The van der Waals surface area contributed by atoms with Gasteiger partial charge in [-0.2, -0.15) is 0 Å². The summed E-state index contributed by atoms with van der Waals surface area (Å²) >= 11 is 0. The molecule has 212 valence electrons. The minimum atomic E-state index is -1.32. The summed E-state index contributed by atoms with van der Waals surface area (Å²) in [6.45, 7) is -0.492. The number of fused-ring (bicyclic) bond motifs is 1. The number of aliphatic hydroxyl groups is 1. The van der Waals surface area contributed by atoms with Gasteiger partial charge in [0.1, 0.15) is 23.9 Å². The number of hydrogen-bond donors (Lipinski definition) is 7. The summed E-state index contributed by atoms with van der Waals surface area (Å²) in [6.07, 6.45) is 2.74. The van der Waals surface area contributed by atoms with E-state index in [4.69, 9.17) is 5.73 Å². The highest BCUT2D eigenvalue weighted by Crippen LogP contribution is 2.21. The third kappa shape index (κ3) is 6.58. The van der Waals surface area contributed by atoms with Gasteiger partial charge in [0.2, 0.25) is 17.7 Å². The summed E-state index contributed by atoms with van der Waals surface area (Å²) in [6, 6.07) is 9.00. The molecule has 4 unspecified atom stereocenters. The van der Waals surface area contributed by atoms with Crippen LogP contribution in [0.25, 0.3) is 10.9 Å². The van der Waals surface area contributed by atoms with E-state index in [0.717, 1.165) is 16.5 Å². The van der Waals surface area contributed by atoms with Gasteiger partial charge in [0.05, 0.1) is 12.6 Å². The number of nitrogens with one attached hydrogen (secondary N) is 3.